The Labute approximate surface area is 111 Å². The number of nitrogens with one attached hydrogen (secondary N) is 1. The third kappa shape index (κ3) is 6.10. The lowest BCUT2D eigenvalue weighted by Gasteiger charge is -2.33. The Morgan fingerprint density at radius 2 is 1.72 bits per heavy atom. The summed E-state index contributed by atoms with van der Waals surface area (Å²) >= 11 is 0. The van der Waals surface area contributed by atoms with Crippen molar-refractivity contribution in [3.8, 4) is 0 Å². The number of likely N-dealkylation sites (N-methyl/N-ethyl adjacent to an activating group) is 1. The van der Waals surface area contributed by atoms with Crippen molar-refractivity contribution in [3.63, 3.8) is 0 Å². The Hall–Kier alpha value is -0.210. The topological polar surface area (TPSA) is 55.9 Å². The summed E-state index contributed by atoms with van der Waals surface area (Å²) in [7, 11) is 1.12. The second kappa shape index (κ2) is 7.40. The van der Waals surface area contributed by atoms with Gasteiger partial charge in [-0.3, -0.25) is 4.90 Å². The molecule has 18 heavy (non-hydrogen) atoms. The molecule has 0 saturated carbocycles. The Morgan fingerprint density at radius 3 is 2.22 bits per heavy atom. The van der Waals surface area contributed by atoms with Crippen LogP contribution in [0.1, 0.15) is 0 Å². The van der Waals surface area contributed by atoms with Crippen molar-refractivity contribution in [3.05, 3.63) is 0 Å². The Balaban J connectivity index is 2.09. The third-order valence-electron chi connectivity index (χ3n) is 3.14. The zero-order chi connectivity index (χ0) is 13.6. The molecule has 1 saturated heterocycles. The lowest BCUT2D eigenvalue weighted by atomic mass is 10.3. The molecule has 0 spiro atoms. The molecule has 108 valence electrons. The van der Waals surface area contributed by atoms with Gasteiger partial charge in [0.1, 0.15) is 0 Å². The summed E-state index contributed by atoms with van der Waals surface area (Å²) in [5.74, 6) is 0. The summed E-state index contributed by atoms with van der Waals surface area (Å²) in [6, 6.07) is 0. The van der Waals surface area contributed by atoms with Crippen LogP contribution in [0, 0.1) is 0 Å². The molecule has 1 fully saturated rings. The lowest BCUT2D eigenvalue weighted by Crippen LogP contribution is -2.49. The maximum Gasteiger partial charge on any atom is 0.211 e. The van der Waals surface area contributed by atoms with Crippen molar-refractivity contribution >= 4 is 10.0 Å². The van der Waals surface area contributed by atoms with Gasteiger partial charge in [0, 0.05) is 52.4 Å². The summed E-state index contributed by atoms with van der Waals surface area (Å²) in [6.07, 6.45) is 1.28. The highest BCUT2D eigenvalue weighted by Crippen LogP contribution is 2.04. The van der Waals surface area contributed by atoms with E-state index in [1.54, 1.807) is 4.31 Å². The Morgan fingerprint density at radius 1 is 1.11 bits per heavy atom. The molecule has 0 atom stereocenters. The molecule has 0 amide bonds. The molecule has 0 aliphatic carbocycles. The van der Waals surface area contributed by atoms with Crippen LogP contribution in [0.2, 0.25) is 0 Å². The van der Waals surface area contributed by atoms with Crippen molar-refractivity contribution in [2.45, 2.75) is 0 Å². The lowest BCUT2D eigenvalue weighted by molar-refractivity contribution is 0.189. The zero-order valence-corrected chi connectivity index (χ0v) is 12.5. The molecule has 1 heterocycles. The average Bonchev–Trinajstić information content (AvgIpc) is 2.27. The molecular formula is C11H26N4O2S. The highest BCUT2D eigenvalue weighted by Gasteiger charge is 2.22. The van der Waals surface area contributed by atoms with E-state index in [9.17, 15) is 8.42 Å². The second-order valence-corrected chi connectivity index (χ2v) is 7.04. The molecule has 0 unspecified atom stereocenters. The van der Waals surface area contributed by atoms with E-state index in [4.69, 9.17) is 0 Å². The highest BCUT2D eigenvalue weighted by molar-refractivity contribution is 7.88. The smallest absolute Gasteiger partial charge is 0.211 e. The van der Waals surface area contributed by atoms with Gasteiger partial charge < -0.3 is 10.2 Å². The standard InChI is InChI=1S/C11H26N4O2S/c1-13(2)6-4-12-5-7-14-8-10-15(11-9-14)18(3,16)17/h12H,4-11H2,1-3H3. The van der Waals surface area contributed by atoms with E-state index in [1.165, 1.54) is 6.26 Å². The molecule has 0 aromatic heterocycles. The van der Waals surface area contributed by atoms with Crippen molar-refractivity contribution in [1.29, 1.82) is 0 Å². The second-order valence-electron chi connectivity index (χ2n) is 5.06. The van der Waals surface area contributed by atoms with Crippen LogP contribution < -0.4 is 5.32 Å². The van der Waals surface area contributed by atoms with Gasteiger partial charge in [0.15, 0.2) is 0 Å². The largest absolute Gasteiger partial charge is 0.314 e. The van der Waals surface area contributed by atoms with E-state index < -0.39 is 10.0 Å². The van der Waals surface area contributed by atoms with Crippen molar-refractivity contribution in [2.75, 3.05) is 72.7 Å². The normalized spacial score (nSPS) is 19.6. The first-order chi connectivity index (χ1) is 8.39. The Kier molecular flexibility index (Phi) is 6.51. The third-order valence-corrected chi connectivity index (χ3v) is 4.44. The van der Waals surface area contributed by atoms with E-state index in [-0.39, 0.29) is 0 Å². The fourth-order valence-electron chi connectivity index (χ4n) is 1.95. The fourth-order valence-corrected chi connectivity index (χ4v) is 2.78. The van der Waals surface area contributed by atoms with E-state index in [1.807, 2.05) is 0 Å². The summed E-state index contributed by atoms with van der Waals surface area (Å²) in [5, 5.41) is 3.39. The number of hydrogen-bond acceptors (Lipinski definition) is 5. The minimum Gasteiger partial charge on any atom is -0.314 e. The van der Waals surface area contributed by atoms with Gasteiger partial charge in [-0.1, -0.05) is 0 Å². The summed E-state index contributed by atoms with van der Waals surface area (Å²) in [5.41, 5.74) is 0. The molecule has 1 rings (SSSR count). The van der Waals surface area contributed by atoms with Gasteiger partial charge in [0.05, 0.1) is 6.26 Å². The first-order valence-corrected chi connectivity index (χ1v) is 8.27. The first-order valence-electron chi connectivity index (χ1n) is 6.42. The maximum atomic E-state index is 11.3. The summed E-state index contributed by atoms with van der Waals surface area (Å²) < 4.78 is 24.3. The van der Waals surface area contributed by atoms with Crippen molar-refractivity contribution < 1.29 is 8.42 Å². The quantitative estimate of drug-likeness (QED) is 0.588. The highest BCUT2D eigenvalue weighted by atomic mass is 32.2. The number of nitrogens with zero attached hydrogens (tertiary/aromatic N) is 3. The van der Waals surface area contributed by atoms with E-state index in [0.717, 1.165) is 39.3 Å². The van der Waals surface area contributed by atoms with Gasteiger partial charge in [0.25, 0.3) is 0 Å². The number of rotatable bonds is 7. The van der Waals surface area contributed by atoms with Crippen LogP contribution >= 0.6 is 0 Å². The SMILES string of the molecule is CN(C)CCNCCN1CCN(S(C)(=O)=O)CC1. The van der Waals surface area contributed by atoms with Gasteiger partial charge >= 0.3 is 0 Å². The molecule has 6 nitrogen and oxygen atoms in total. The number of piperazine rings is 1. The van der Waals surface area contributed by atoms with Gasteiger partial charge in [-0.25, -0.2) is 8.42 Å². The van der Waals surface area contributed by atoms with Crippen LogP contribution in [-0.2, 0) is 10.0 Å². The molecular weight excluding hydrogens is 252 g/mol. The molecule has 0 bridgehead atoms. The predicted octanol–water partition coefficient (Wildman–Crippen LogP) is -1.29. The van der Waals surface area contributed by atoms with Crippen LogP contribution in [0.5, 0.6) is 0 Å². The minimum atomic E-state index is -3.00. The zero-order valence-electron chi connectivity index (χ0n) is 11.7. The number of hydrogen-bond donors (Lipinski definition) is 1. The van der Waals surface area contributed by atoms with Gasteiger partial charge in [-0.05, 0) is 14.1 Å². The van der Waals surface area contributed by atoms with E-state index in [0.29, 0.717) is 13.1 Å². The molecule has 1 aliphatic heterocycles. The predicted molar refractivity (Wildman–Crippen MR) is 74.3 cm³/mol. The van der Waals surface area contributed by atoms with Crippen LogP contribution in [0.15, 0.2) is 0 Å². The fraction of sp³-hybridized carbons (Fsp3) is 1.00. The van der Waals surface area contributed by atoms with Gasteiger partial charge in [-0.15, -0.1) is 0 Å². The van der Waals surface area contributed by atoms with Crippen LogP contribution in [0.25, 0.3) is 0 Å². The molecule has 1 aliphatic rings. The molecule has 0 radical (unpaired) electrons. The summed E-state index contributed by atoms with van der Waals surface area (Å²) in [6.45, 7) is 6.91. The van der Waals surface area contributed by atoms with E-state index in [2.05, 4.69) is 29.2 Å². The molecule has 0 aromatic rings. The summed E-state index contributed by atoms with van der Waals surface area (Å²) in [4.78, 5) is 4.46. The van der Waals surface area contributed by atoms with Crippen LogP contribution in [-0.4, -0.2) is 95.2 Å². The van der Waals surface area contributed by atoms with Crippen LogP contribution in [0.3, 0.4) is 0 Å². The van der Waals surface area contributed by atoms with Crippen molar-refractivity contribution in [2.24, 2.45) is 0 Å². The molecule has 1 N–H and O–H groups in total. The van der Waals surface area contributed by atoms with Gasteiger partial charge in [0.2, 0.25) is 10.0 Å². The van der Waals surface area contributed by atoms with Gasteiger partial charge in [-0.2, -0.15) is 4.31 Å². The first kappa shape index (κ1) is 15.8. The minimum absolute atomic E-state index is 0.622. The molecule has 7 heteroatoms. The monoisotopic (exact) mass is 278 g/mol. The average molecular weight is 278 g/mol. The Bertz CT molecular complexity index is 324. The van der Waals surface area contributed by atoms with Crippen LogP contribution in [0.4, 0.5) is 0 Å². The number of sulfonamides is 1. The molecule has 0 aromatic carbocycles. The van der Waals surface area contributed by atoms with Crippen molar-refractivity contribution in [1.82, 2.24) is 19.4 Å². The maximum absolute atomic E-state index is 11.3. The van der Waals surface area contributed by atoms with E-state index >= 15 is 0 Å².